The number of nitrogens with zero attached hydrogens (tertiary/aromatic N) is 2. The maximum atomic E-state index is 11.4. The van der Waals surface area contributed by atoms with Crippen molar-refractivity contribution >= 4 is 5.69 Å². The Morgan fingerprint density at radius 3 is 3.00 bits per heavy atom. The Bertz CT molecular complexity index is 351. The summed E-state index contributed by atoms with van der Waals surface area (Å²) in [5.74, 6) is 0. The van der Waals surface area contributed by atoms with E-state index < -0.39 is 0 Å². The van der Waals surface area contributed by atoms with Crippen LogP contribution in [-0.4, -0.2) is 41.8 Å². The molecule has 0 fully saturated rings. The molecule has 2 N–H and O–H groups in total. The Kier molecular flexibility index (Phi) is 4.79. The summed E-state index contributed by atoms with van der Waals surface area (Å²) in [6.07, 6.45) is 1.58. The summed E-state index contributed by atoms with van der Waals surface area (Å²) in [5.41, 5.74) is 0.516. The van der Waals surface area contributed by atoms with Gasteiger partial charge in [0.05, 0.1) is 38.2 Å². The number of hydrogen-bond donors (Lipinski definition) is 2. The lowest BCUT2D eigenvalue weighted by molar-refractivity contribution is 0.0847. The highest BCUT2D eigenvalue weighted by atomic mass is 16.5. The van der Waals surface area contributed by atoms with Crippen LogP contribution >= 0.6 is 0 Å². The molecule has 0 spiro atoms. The highest BCUT2D eigenvalue weighted by Gasteiger charge is 1.98. The van der Waals surface area contributed by atoms with E-state index in [1.54, 1.807) is 13.2 Å². The van der Waals surface area contributed by atoms with E-state index in [0.717, 1.165) is 0 Å². The summed E-state index contributed by atoms with van der Waals surface area (Å²) < 4.78 is 6.35. The number of nitrogens with one attached hydrogen (secondary N) is 1. The Morgan fingerprint density at radius 2 is 2.40 bits per heavy atom. The fourth-order valence-corrected chi connectivity index (χ4v) is 1.06. The maximum Gasteiger partial charge on any atom is 0.268 e. The highest BCUT2D eigenvalue weighted by molar-refractivity contribution is 5.37. The average molecular weight is 213 g/mol. The number of anilines is 1. The fourth-order valence-electron chi connectivity index (χ4n) is 1.06. The molecule has 15 heavy (non-hydrogen) atoms. The van der Waals surface area contributed by atoms with Crippen molar-refractivity contribution < 1.29 is 9.84 Å². The smallest absolute Gasteiger partial charge is 0.268 e. The second kappa shape index (κ2) is 6.15. The normalized spacial score (nSPS) is 10.3. The summed E-state index contributed by atoms with van der Waals surface area (Å²) >= 11 is 0. The molecule has 1 aromatic heterocycles. The van der Waals surface area contributed by atoms with E-state index in [0.29, 0.717) is 18.8 Å². The zero-order valence-corrected chi connectivity index (χ0v) is 8.64. The molecule has 0 aromatic carbocycles. The van der Waals surface area contributed by atoms with Gasteiger partial charge in [0, 0.05) is 13.1 Å². The number of hydrogen-bond acceptors (Lipinski definition) is 5. The van der Waals surface area contributed by atoms with Crippen LogP contribution in [0.15, 0.2) is 17.1 Å². The van der Waals surface area contributed by atoms with E-state index in [9.17, 15) is 4.79 Å². The van der Waals surface area contributed by atoms with Crippen molar-refractivity contribution in [3.63, 3.8) is 0 Å². The van der Waals surface area contributed by atoms with Gasteiger partial charge in [0.1, 0.15) is 0 Å². The molecule has 0 bridgehead atoms. The number of aromatic nitrogens is 2. The van der Waals surface area contributed by atoms with Gasteiger partial charge in [-0.25, -0.2) is 4.68 Å². The van der Waals surface area contributed by atoms with E-state index >= 15 is 0 Å². The topological polar surface area (TPSA) is 76.4 Å². The van der Waals surface area contributed by atoms with E-state index in [4.69, 9.17) is 9.84 Å². The fraction of sp³-hybridized carbons (Fsp3) is 0.556. The van der Waals surface area contributed by atoms with Crippen molar-refractivity contribution in [1.29, 1.82) is 0 Å². The quantitative estimate of drug-likeness (QED) is 0.611. The van der Waals surface area contributed by atoms with Gasteiger partial charge in [0.15, 0.2) is 0 Å². The SMILES string of the molecule is CNc1cnn(CCOCCO)c(=O)c1. The van der Waals surface area contributed by atoms with Crippen LogP contribution in [0.1, 0.15) is 0 Å². The van der Waals surface area contributed by atoms with Gasteiger partial charge in [-0.2, -0.15) is 5.10 Å². The third-order valence-electron chi connectivity index (χ3n) is 1.84. The van der Waals surface area contributed by atoms with Crippen LogP contribution in [0.4, 0.5) is 5.69 Å². The summed E-state index contributed by atoms with van der Waals surface area (Å²) in [4.78, 5) is 11.4. The molecule has 0 unspecified atom stereocenters. The minimum atomic E-state index is -0.172. The van der Waals surface area contributed by atoms with Gasteiger partial charge in [-0.3, -0.25) is 4.79 Å². The number of aliphatic hydroxyl groups excluding tert-OH is 1. The second-order valence-corrected chi connectivity index (χ2v) is 2.89. The number of aliphatic hydroxyl groups is 1. The van der Waals surface area contributed by atoms with E-state index in [2.05, 4.69) is 10.4 Å². The van der Waals surface area contributed by atoms with Crippen LogP contribution < -0.4 is 10.9 Å². The lowest BCUT2D eigenvalue weighted by Gasteiger charge is -2.05. The molecule has 0 saturated heterocycles. The van der Waals surface area contributed by atoms with Crippen LogP contribution in [0.5, 0.6) is 0 Å². The first-order chi connectivity index (χ1) is 7.27. The van der Waals surface area contributed by atoms with Crippen molar-refractivity contribution in [1.82, 2.24) is 9.78 Å². The molecule has 0 aliphatic carbocycles. The predicted molar refractivity (Wildman–Crippen MR) is 55.9 cm³/mol. The van der Waals surface area contributed by atoms with Crippen LogP contribution in [0.3, 0.4) is 0 Å². The van der Waals surface area contributed by atoms with Gasteiger partial charge < -0.3 is 15.2 Å². The van der Waals surface area contributed by atoms with Gasteiger partial charge in [0.2, 0.25) is 0 Å². The van der Waals surface area contributed by atoms with Crippen LogP contribution in [0, 0.1) is 0 Å². The monoisotopic (exact) mass is 213 g/mol. The Hall–Kier alpha value is -1.40. The van der Waals surface area contributed by atoms with Crippen molar-refractivity contribution in [3.05, 3.63) is 22.6 Å². The van der Waals surface area contributed by atoms with Crippen molar-refractivity contribution in [3.8, 4) is 0 Å². The van der Waals surface area contributed by atoms with Gasteiger partial charge in [-0.05, 0) is 0 Å². The summed E-state index contributed by atoms with van der Waals surface area (Å²) in [5, 5.41) is 15.2. The molecule has 0 saturated carbocycles. The van der Waals surface area contributed by atoms with Crippen molar-refractivity contribution in [2.75, 3.05) is 32.2 Å². The standard InChI is InChI=1S/C9H15N3O3/c1-10-8-6-9(14)12(11-7-8)2-4-15-5-3-13/h6-7,10,13H,2-5H2,1H3. The van der Waals surface area contributed by atoms with E-state index in [-0.39, 0.29) is 18.8 Å². The maximum absolute atomic E-state index is 11.4. The summed E-state index contributed by atoms with van der Waals surface area (Å²) in [7, 11) is 1.73. The molecule has 0 amide bonds. The first-order valence-corrected chi connectivity index (χ1v) is 4.71. The second-order valence-electron chi connectivity index (χ2n) is 2.89. The third-order valence-corrected chi connectivity index (χ3v) is 1.84. The third kappa shape index (κ3) is 3.69. The lowest BCUT2D eigenvalue weighted by atomic mass is 10.4. The van der Waals surface area contributed by atoms with Crippen LogP contribution in [-0.2, 0) is 11.3 Å². The predicted octanol–water partition coefficient (Wildman–Crippen LogP) is -0.706. The van der Waals surface area contributed by atoms with Gasteiger partial charge >= 0.3 is 0 Å². The minimum Gasteiger partial charge on any atom is -0.394 e. The molecular formula is C9H15N3O3. The zero-order valence-electron chi connectivity index (χ0n) is 8.64. The molecule has 1 heterocycles. The lowest BCUT2D eigenvalue weighted by Crippen LogP contribution is -2.24. The van der Waals surface area contributed by atoms with E-state index in [1.165, 1.54) is 10.7 Å². The zero-order chi connectivity index (χ0) is 11.1. The molecule has 0 radical (unpaired) electrons. The van der Waals surface area contributed by atoms with Gasteiger partial charge in [-0.1, -0.05) is 0 Å². The van der Waals surface area contributed by atoms with Gasteiger partial charge in [0.25, 0.3) is 5.56 Å². The first kappa shape index (κ1) is 11.7. The van der Waals surface area contributed by atoms with Gasteiger partial charge in [-0.15, -0.1) is 0 Å². The Balaban J connectivity index is 2.51. The number of rotatable bonds is 6. The molecule has 1 aromatic rings. The van der Waals surface area contributed by atoms with Crippen molar-refractivity contribution in [2.24, 2.45) is 0 Å². The van der Waals surface area contributed by atoms with Crippen LogP contribution in [0.2, 0.25) is 0 Å². The highest BCUT2D eigenvalue weighted by Crippen LogP contribution is 1.96. The molecular weight excluding hydrogens is 198 g/mol. The molecule has 6 heteroatoms. The largest absolute Gasteiger partial charge is 0.394 e. The molecule has 6 nitrogen and oxygen atoms in total. The molecule has 0 aliphatic heterocycles. The number of ether oxygens (including phenoxy) is 1. The first-order valence-electron chi connectivity index (χ1n) is 4.71. The summed E-state index contributed by atoms with van der Waals surface area (Å²) in [6, 6.07) is 1.47. The molecule has 84 valence electrons. The minimum absolute atomic E-state index is 0.0129. The average Bonchev–Trinajstić information content (AvgIpc) is 2.26. The summed E-state index contributed by atoms with van der Waals surface area (Å²) in [6.45, 7) is 1.03. The molecule has 0 atom stereocenters. The Morgan fingerprint density at radius 1 is 1.60 bits per heavy atom. The Labute approximate surface area is 87.5 Å². The molecule has 0 aliphatic rings. The van der Waals surface area contributed by atoms with Crippen molar-refractivity contribution in [2.45, 2.75) is 6.54 Å². The van der Waals surface area contributed by atoms with Crippen LogP contribution in [0.25, 0.3) is 0 Å². The molecule has 1 rings (SSSR count). The van der Waals surface area contributed by atoms with E-state index in [1.807, 2.05) is 0 Å².